The molecule has 1 fully saturated rings. The first-order valence-corrected chi connectivity index (χ1v) is 9.31. The van der Waals surface area contributed by atoms with Gasteiger partial charge in [0.15, 0.2) is 5.84 Å². The Kier molecular flexibility index (Phi) is 4.90. The number of amides is 3. The summed E-state index contributed by atoms with van der Waals surface area (Å²) in [5, 5.41) is 4.71. The van der Waals surface area contributed by atoms with Gasteiger partial charge in [-0.2, -0.15) is 18.6 Å². The van der Waals surface area contributed by atoms with E-state index in [1.54, 1.807) is 7.05 Å². The van der Waals surface area contributed by atoms with E-state index >= 15 is 0 Å². The van der Waals surface area contributed by atoms with Crippen molar-refractivity contribution < 1.29 is 31.7 Å². The molecule has 0 aromatic carbocycles. The van der Waals surface area contributed by atoms with E-state index in [0.29, 0.717) is 16.3 Å². The van der Waals surface area contributed by atoms with Crippen molar-refractivity contribution in [3.8, 4) is 0 Å². The van der Waals surface area contributed by atoms with Gasteiger partial charge in [-0.1, -0.05) is 0 Å². The van der Waals surface area contributed by atoms with Crippen molar-refractivity contribution in [2.24, 2.45) is 12.0 Å². The number of aromatic nitrogens is 2. The third-order valence-corrected chi connectivity index (χ3v) is 4.66. The highest BCUT2D eigenvalue weighted by atomic mass is 32.3. The van der Waals surface area contributed by atoms with E-state index in [-0.39, 0.29) is 12.4 Å². The number of aliphatic imine (C=N–C) groups is 1. The Balaban J connectivity index is 1.98. The maximum Gasteiger partial charge on any atom is 0.433 e. The minimum absolute atomic E-state index is 0.0417. The minimum atomic E-state index is -4.92. The summed E-state index contributed by atoms with van der Waals surface area (Å²) in [6.45, 7) is 0.0417. The van der Waals surface area contributed by atoms with Crippen molar-refractivity contribution in [2.45, 2.75) is 12.1 Å². The Bertz CT molecular complexity index is 941. The number of carbonyl (C=O) groups excluding carboxylic acids is 2. The van der Waals surface area contributed by atoms with Gasteiger partial charge in [-0.05, 0) is 0 Å². The van der Waals surface area contributed by atoms with Gasteiger partial charge >= 0.3 is 22.5 Å². The van der Waals surface area contributed by atoms with Crippen LogP contribution in [0.1, 0.15) is 23.3 Å². The second-order valence-electron chi connectivity index (χ2n) is 6.26. The molecule has 2 aliphatic rings. The second kappa shape index (κ2) is 6.92. The fourth-order valence-corrected chi connectivity index (χ4v) is 3.49. The largest absolute Gasteiger partial charge is 0.433 e. The number of nitrogens with zero attached hydrogens (tertiary/aromatic N) is 6. The predicted octanol–water partition coefficient (Wildman–Crippen LogP) is -0.781. The van der Waals surface area contributed by atoms with Crippen molar-refractivity contribution in [1.82, 2.24) is 30.1 Å². The van der Waals surface area contributed by atoms with Crippen LogP contribution in [0.25, 0.3) is 0 Å². The van der Waals surface area contributed by atoms with Gasteiger partial charge in [0.1, 0.15) is 12.1 Å². The number of fused-ring (bicyclic) bond motifs is 4. The zero-order valence-electron chi connectivity index (χ0n) is 15.4. The summed E-state index contributed by atoms with van der Waals surface area (Å²) >= 11 is 0. The van der Waals surface area contributed by atoms with Crippen LogP contribution >= 0.6 is 0 Å². The summed E-state index contributed by atoms with van der Waals surface area (Å²) in [5.41, 5.74) is 3.46. The van der Waals surface area contributed by atoms with Crippen LogP contribution in [0.15, 0.2) is 11.2 Å². The van der Waals surface area contributed by atoms with Crippen molar-refractivity contribution in [1.29, 1.82) is 0 Å². The number of nitrogens with one attached hydrogen (secondary N) is 1. The first-order chi connectivity index (χ1) is 13.0. The molecule has 28 heavy (non-hydrogen) atoms. The summed E-state index contributed by atoms with van der Waals surface area (Å²) in [4.78, 5) is 35.9. The molecule has 2 aliphatic heterocycles. The van der Waals surface area contributed by atoms with Gasteiger partial charge in [-0.25, -0.2) is 15.1 Å². The van der Waals surface area contributed by atoms with Crippen LogP contribution in [-0.2, 0) is 26.6 Å². The maximum atomic E-state index is 12.7. The summed E-state index contributed by atoms with van der Waals surface area (Å²) in [5.74, 6) is 0.112. The van der Waals surface area contributed by atoms with E-state index in [4.69, 9.17) is 9.39 Å². The van der Waals surface area contributed by atoms with Crippen molar-refractivity contribution in [2.75, 3.05) is 27.7 Å². The molecule has 1 aromatic heterocycles. The third-order valence-electron chi connectivity index (χ3n) is 4.31. The summed E-state index contributed by atoms with van der Waals surface area (Å²) in [6.07, 6.45) is 0.770. The van der Waals surface area contributed by atoms with Gasteiger partial charge in [0.05, 0.1) is 18.4 Å². The van der Waals surface area contributed by atoms with E-state index in [0.717, 1.165) is 0 Å². The fourth-order valence-electron chi connectivity index (χ4n) is 3.12. The SMILES string of the molecule is CN=C(NOC(=O)N(C)C)[C@@H]1c2c(cnn2C)[C@H]2CN1C(=O)N2OS(=O)(=O)O. The highest BCUT2D eigenvalue weighted by molar-refractivity contribution is 7.80. The van der Waals surface area contributed by atoms with Crippen molar-refractivity contribution in [3.63, 3.8) is 0 Å². The zero-order valence-corrected chi connectivity index (χ0v) is 16.2. The van der Waals surface area contributed by atoms with Gasteiger partial charge < -0.3 is 14.6 Å². The molecule has 154 valence electrons. The Labute approximate surface area is 160 Å². The van der Waals surface area contributed by atoms with Crippen molar-refractivity contribution >= 4 is 28.4 Å². The molecular weight excluding hydrogens is 398 g/mol. The topological polar surface area (TPSA) is 159 Å². The van der Waals surface area contributed by atoms with Crippen LogP contribution in [0.5, 0.6) is 0 Å². The number of hydroxylamine groups is 3. The lowest BCUT2D eigenvalue weighted by Gasteiger charge is -2.31. The molecule has 0 radical (unpaired) electrons. The van der Waals surface area contributed by atoms with Crippen LogP contribution in [0.4, 0.5) is 9.59 Å². The lowest BCUT2D eigenvalue weighted by Crippen LogP contribution is -2.45. The average Bonchev–Trinajstić information content (AvgIpc) is 3.11. The molecule has 2 atom stereocenters. The van der Waals surface area contributed by atoms with Gasteiger partial charge in [-0.15, -0.1) is 4.28 Å². The summed E-state index contributed by atoms with van der Waals surface area (Å²) in [6, 6.07) is -2.48. The fraction of sp³-hybridized carbons (Fsp3) is 0.538. The standard InChI is InChI=1S/C13H19N7O7S/c1-14-11(16-26-13(22)17(2)3)10-9-7(5-15-18(9)4)8-6-19(10)12(21)20(8)27-28(23,24)25/h5,8,10H,6H2,1-4H3,(H,14,16)(H,23,24,25)/t8-,10+/m1/s1. The number of hydrogen-bond acceptors (Lipinski definition) is 8. The van der Waals surface area contributed by atoms with Crippen LogP contribution in [0, 0.1) is 0 Å². The quantitative estimate of drug-likeness (QED) is 0.278. The smallest absolute Gasteiger partial charge is 0.323 e. The normalized spacial score (nSPS) is 21.6. The van der Waals surface area contributed by atoms with Crippen LogP contribution in [-0.4, -0.2) is 83.3 Å². The second-order valence-corrected chi connectivity index (χ2v) is 7.27. The monoisotopic (exact) mass is 417 g/mol. The van der Waals surface area contributed by atoms with Crippen molar-refractivity contribution in [3.05, 3.63) is 17.5 Å². The molecule has 2 bridgehead atoms. The van der Waals surface area contributed by atoms with Crippen LogP contribution in [0.2, 0.25) is 0 Å². The Morgan fingerprint density at radius 1 is 1.46 bits per heavy atom. The number of carbonyl (C=O) groups is 2. The highest BCUT2D eigenvalue weighted by Crippen LogP contribution is 2.44. The first-order valence-electron chi connectivity index (χ1n) is 7.94. The molecule has 3 heterocycles. The molecule has 0 spiro atoms. The number of rotatable bonds is 3. The zero-order chi connectivity index (χ0) is 20.8. The molecule has 3 amide bonds. The summed E-state index contributed by atoms with van der Waals surface area (Å²) in [7, 11) is 1.13. The van der Waals surface area contributed by atoms with E-state index in [1.807, 2.05) is 0 Å². The Hall–Kier alpha value is -2.91. The number of amidine groups is 1. The molecule has 2 N–H and O–H groups in total. The highest BCUT2D eigenvalue weighted by Gasteiger charge is 2.53. The van der Waals surface area contributed by atoms with E-state index < -0.39 is 34.6 Å². The Morgan fingerprint density at radius 2 is 2.14 bits per heavy atom. The predicted molar refractivity (Wildman–Crippen MR) is 91.9 cm³/mol. The average molecular weight is 417 g/mol. The lowest BCUT2D eigenvalue weighted by atomic mass is 9.97. The minimum Gasteiger partial charge on any atom is -0.323 e. The number of aryl methyl sites for hydroxylation is 1. The van der Waals surface area contributed by atoms with Gasteiger partial charge in [0.25, 0.3) is 0 Å². The third kappa shape index (κ3) is 3.34. The number of urea groups is 1. The van der Waals surface area contributed by atoms with Crippen LogP contribution < -0.4 is 5.48 Å². The van der Waals surface area contributed by atoms with Crippen LogP contribution in [0.3, 0.4) is 0 Å². The lowest BCUT2D eigenvalue weighted by molar-refractivity contribution is -0.0316. The number of hydrogen-bond donors (Lipinski definition) is 2. The molecule has 14 nitrogen and oxygen atoms in total. The molecule has 0 unspecified atom stereocenters. The Morgan fingerprint density at radius 3 is 2.71 bits per heavy atom. The van der Waals surface area contributed by atoms with E-state index in [9.17, 15) is 18.0 Å². The maximum absolute atomic E-state index is 12.7. The molecule has 3 rings (SSSR count). The molecule has 1 aromatic rings. The van der Waals surface area contributed by atoms with Gasteiger partial charge in [-0.3, -0.25) is 14.2 Å². The molecule has 1 saturated heterocycles. The molecule has 0 aliphatic carbocycles. The van der Waals surface area contributed by atoms with E-state index in [2.05, 4.69) is 19.9 Å². The molecular formula is C13H19N7O7S. The first kappa shape index (κ1) is 19.8. The molecule has 15 heteroatoms. The summed E-state index contributed by atoms with van der Waals surface area (Å²) < 4.78 is 37.3. The van der Waals surface area contributed by atoms with E-state index in [1.165, 1.54) is 41.8 Å². The van der Waals surface area contributed by atoms with Gasteiger partial charge in [0, 0.05) is 33.8 Å². The van der Waals surface area contributed by atoms with Gasteiger partial charge in [0.2, 0.25) is 0 Å². The molecule has 0 saturated carbocycles.